The van der Waals surface area contributed by atoms with Gasteiger partial charge in [0.15, 0.2) is 0 Å². The van der Waals surface area contributed by atoms with Crippen molar-refractivity contribution in [1.82, 2.24) is 10.2 Å². The molecule has 2 aliphatic rings. The Bertz CT molecular complexity index is 533. The SMILES string of the molecule is CCCNC(=O)c1cc2c(s1)CCOC21CCN(CC)CC1. The lowest BCUT2D eigenvalue weighted by molar-refractivity contribution is -0.0964. The number of carbonyl (C=O) groups is 1. The Morgan fingerprint density at radius 3 is 2.86 bits per heavy atom. The van der Waals surface area contributed by atoms with Crippen LogP contribution in [-0.2, 0) is 16.8 Å². The van der Waals surface area contributed by atoms with Gasteiger partial charge < -0.3 is 15.0 Å². The Kier molecular flexibility index (Phi) is 4.85. The summed E-state index contributed by atoms with van der Waals surface area (Å²) in [4.78, 5) is 16.9. The van der Waals surface area contributed by atoms with Gasteiger partial charge in [0.25, 0.3) is 5.91 Å². The van der Waals surface area contributed by atoms with E-state index in [-0.39, 0.29) is 11.5 Å². The van der Waals surface area contributed by atoms with E-state index in [1.165, 1.54) is 10.4 Å². The zero-order valence-corrected chi connectivity index (χ0v) is 14.4. The summed E-state index contributed by atoms with van der Waals surface area (Å²) < 4.78 is 6.25. The van der Waals surface area contributed by atoms with E-state index in [2.05, 4.69) is 30.1 Å². The van der Waals surface area contributed by atoms with Crippen LogP contribution in [0.25, 0.3) is 0 Å². The number of fused-ring (bicyclic) bond motifs is 2. The number of ether oxygens (including phenoxy) is 1. The van der Waals surface area contributed by atoms with E-state index in [4.69, 9.17) is 4.74 Å². The summed E-state index contributed by atoms with van der Waals surface area (Å²) in [6.07, 6.45) is 4.00. The lowest BCUT2D eigenvalue weighted by Gasteiger charge is -2.43. The summed E-state index contributed by atoms with van der Waals surface area (Å²) in [5, 5.41) is 2.99. The van der Waals surface area contributed by atoms with Gasteiger partial charge >= 0.3 is 0 Å². The zero-order valence-electron chi connectivity index (χ0n) is 13.6. The first-order chi connectivity index (χ1) is 10.7. The van der Waals surface area contributed by atoms with Gasteiger partial charge in [-0.1, -0.05) is 13.8 Å². The van der Waals surface area contributed by atoms with Crippen molar-refractivity contribution in [2.75, 3.05) is 32.8 Å². The Labute approximate surface area is 136 Å². The van der Waals surface area contributed by atoms with Crippen molar-refractivity contribution >= 4 is 17.2 Å². The predicted octanol–water partition coefficient (Wildman–Crippen LogP) is 2.77. The average molecular weight is 322 g/mol. The zero-order chi connectivity index (χ0) is 15.6. The van der Waals surface area contributed by atoms with Crippen LogP contribution in [0.4, 0.5) is 0 Å². The Morgan fingerprint density at radius 2 is 2.18 bits per heavy atom. The smallest absolute Gasteiger partial charge is 0.261 e. The maximum atomic E-state index is 12.2. The highest BCUT2D eigenvalue weighted by Gasteiger charge is 2.42. The summed E-state index contributed by atoms with van der Waals surface area (Å²) in [6.45, 7) is 9.10. The van der Waals surface area contributed by atoms with Gasteiger partial charge in [-0.05, 0) is 37.4 Å². The van der Waals surface area contributed by atoms with E-state index >= 15 is 0 Å². The van der Waals surface area contributed by atoms with Crippen molar-refractivity contribution in [3.05, 3.63) is 21.4 Å². The van der Waals surface area contributed by atoms with Gasteiger partial charge in [0, 0.05) is 30.9 Å². The quantitative estimate of drug-likeness (QED) is 0.927. The summed E-state index contributed by atoms with van der Waals surface area (Å²) in [6, 6.07) is 2.10. The third-order valence-electron chi connectivity index (χ3n) is 4.88. The topological polar surface area (TPSA) is 41.6 Å². The molecule has 0 saturated carbocycles. The molecule has 0 radical (unpaired) electrons. The van der Waals surface area contributed by atoms with Gasteiger partial charge in [-0.15, -0.1) is 11.3 Å². The molecule has 1 N–H and O–H groups in total. The monoisotopic (exact) mass is 322 g/mol. The van der Waals surface area contributed by atoms with Crippen molar-refractivity contribution in [1.29, 1.82) is 0 Å². The highest BCUT2D eigenvalue weighted by molar-refractivity contribution is 7.14. The Balaban J connectivity index is 1.81. The van der Waals surface area contributed by atoms with E-state index in [1.54, 1.807) is 11.3 Å². The molecule has 0 aromatic carbocycles. The van der Waals surface area contributed by atoms with Crippen LogP contribution in [0, 0.1) is 0 Å². The molecular formula is C17H26N2O2S. The number of rotatable bonds is 4. The molecule has 1 amide bonds. The maximum Gasteiger partial charge on any atom is 0.261 e. The van der Waals surface area contributed by atoms with E-state index in [0.717, 1.165) is 63.3 Å². The molecule has 1 aromatic rings. The molecule has 3 heterocycles. The highest BCUT2D eigenvalue weighted by atomic mass is 32.1. The molecule has 1 aromatic heterocycles. The highest BCUT2D eigenvalue weighted by Crippen LogP contribution is 2.44. The standard InChI is InChI=1S/C17H26N2O2S/c1-3-8-18-16(20)15-12-13-14(22-15)5-11-21-17(13)6-9-19(4-2)10-7-17/h12H,3-11H2,1-2H3,(H,18,20). The average Bonchev–Trinajstić information content (AvgIpc) is 2.99. The third kappa shape index (κ3) is 2.94. The molecule has 0 aliphatic carbocycles. The van der Waals surface area contributed by atoms with Crippen molar-refractivity contribution in [2.24, 2.45) is 0 Å². The summed E-state index contributed by atoms with van der Waals surface area (Å²) >= 11 is 1.66. The van der Waals surface area contributed by atoms with Crippen LogP contribution in [0.5, 0.6) is 0 Å². The van der Waals surface area contributed by atoms with Crippen LogP contribution < -0.4 is 5.32 Å². The fraction of sp³-hybridized carbons (Fsp3) is 0.706. The summed E-state index contributed by atoms with van der Waals surface area (Å²) in [7, 11) is 0. The van der Waals surface area contributed by atoms with Gasteiger partial charge in [0.1, 0.15) is 0 Å². The number of hydrogen-bond acceptors (Lipinski definition) is 4. The second-order valence-corrected chi connectivity index (χ2v) is 7.37. The lowest BCUT2D eigenvalue weighted by atomic mass is 9.82. The summed E-state index contributed by atoms with van der Waals surface area (Å²) in [5.41, 5.74) is 1.15. The normalized spacial score (nSPS) is 20.8. The fourth-order valence-corrected chi connectivity index (χ4v) is 4.65. The summed E-state index contributed by atoms with van der Waals surface area (Å²) in [5.74, 6) is 0.0717. The molecule has 1 saturated heterocycles. The van der Waals surface area contributed by atoms with Crippen molar-refractivity contribution in [3.8, 4) is 0 Å². The van der Waals surface area contributed by atoms with E-state index in [9.17, 15) is 4.79 Å². The number of nitrogens with zero attached hydrogens (tertiary/aromatic N) is 1. The molecule has 3 rings (SSSR count). The number of piperidine rings is 1. The molecule has 22 heavy (non-hydrogen) atoms. The minimum Gasteiger partial charge on any atom is -0.370 e. The van der Waals surface area contributed by atoms with Crippen molar-refractivity contribution in [3.63, 3.8) is 0 Å². The molecule has 0 atom stereocenters. The first-order valence-corrected chi connectivity index (χ1v) is 9.28. The number of thiophene rings is 1. The van der Waals surface area contributed by atoms with Crippen LogP contribution in [0.1, 0.15) is 53.2 Å². The molecular weight excluding hydrogens is 296 g/mol. The molecule has 0 unspecified atom stereocenters. The van der Waals surface area contributed by atoms with Gasteiger partial charge in [-0.25, -0.2) is 0 Å². The van der Waals surface area contributed by atoms with Crippen LogP contribution in [-0.4, -0.2) is 43.6 Å². The largest absolute Gasteiger partial charge is 0.370 e. The first kappa shape index (κ1) is 16.0. The van der Waals surface area contributed by atoms with Gasteiger partial charge in [0.2, 0.25) is 0 Å². The van der Waals surface area contributed by atoms with Crippen LogP contribution >= 0.6 is 11.3 Å². The van der Waals surface area contributed by atoms with Crippen LogP contribution in [0.2, 0.25) is 0 Å². The van der Waals surface area contributed by atoms with Crippen molar-refractivity contribution < 1.29 is 9.53 Å². The van der Waals surface area contributed by atoms with Crippen LogP contribution in [0.15, 0.2) is 6.07 Å². The number of nitrogens with one attached hydrogen (secondary N) is 1. The third-order valence-corrected chi connectivity index (χ3v) is 6.07. The second kappa shape index (κ2) is 6.69. The van der Waals surface area contributed by atoms with E-state index < -0.39 is 0 Å². The molecule has 5 heteroatoms. The Morgan fingerprint density at radius 1 is 1.41 bits per heavy atom. The molecule has 0 bridgehead atoms. The fourth-order valence-electron chi connectivity index (χ4n) is 3.50. The molecule has 1 fully saturated rings. The molecule has 1 spiro atoms. The number of likely N-dealkylation sites (tertiary alicyclic amines) is 1. The van der Waals surface area contributed by atoms with Crippen molar-refractivity contribution in [2.45, 2.75) is 45.1 Å². The number of hydrogen-bond donors (Lipinski definition) is 1. The minimum atomic E-state index is -0.140. The van der Waals surface area contributed by atoms with Gasteiger partial charge in [-0.2, -0.15) is 0 Å². The minimum absolute atomic E-state index is 0.0717. The first-order valence-electron chi connectivity index (χ1n) is 8.46. The van der Waals surface area contributed by atoms with Gasteiger partial charge in [0.05, 0.1) is 17.1 Å². The van der Waals surface area contributed by atoms with E-state index in [0.29, 0.717) is 0 Å². The molecule has 122 valence electrons. The molecule has 2 aliphatic heterocycles. The lowest BCUT2D eigenvalue weighted by Crippen LogP contribution is -2.46. The number of carbonyl (C=O) groups excluding carboxylic acids is 1. The predicted molar refractivity (Wildman–Crippen MR) is 89.6 cm³/mol. The maximum absolute atomic E-state index is 12.2. The molecule has 4 nitrogen and oxygen atoms in total. The second-order valence-electron chi connectivity index (χ2n) is 6.23. The Hall–Kier alpha value is -0.910. The number of amides is 1. The van der Waals surface area contributed by atoms with Gasteiger partial charge in [-0.3, -0.25) is 4.79 Å². The van der Waals surface area contributed by atoms with Crippen LogP contribution in [0.3, 0.4) is 0 Å². The van der Waals surface area contributed by atoms with E-state index in [1.807, 2.05) is 0 Å².